The van der Waals surface area contributed by atoms with Crippen LogP contribution in [-0.2, 0) is 9.53 Å². The van der Waals surface area contributed by atoms with Gasteiger partial charge in [0.05, 0.1) is 6.54 Å². The second kappa shape index (κ2) is 8.08. The highest BCUT2D eigenvalue weighted by Crippen LogP contribution is 1.88. The Morgan fingerprint density at radius 1 is 1.29 bits per heavy atom. The van der Waals surface area contributed by atoms with Crippen LogP contribution in [0.1, 0.15) is 0 Å². The van der Waals surface area contributed by atoms with Gasteiger partial charge in [0.2, 0.25) is 0 Å². The van der Waals surface area contributed by atoms with E-state index in [4.69, 9.17) is 4.74 Å². The average Bonchev–Trinajstić information content (AvgIpc) is 2.11. The minimum Gasteiger partial charge on any atom is -0.464 e. The fraction of sp³-hybridized carbons (Fsp3) is 0.889. The normalized spacial score (nSPS) is 11.0. The average molecular weight is 220 g/mol. The minimum absolute atomic E-state index is 0.180. The summed E-state index contributed by atoms with van der Waals surface area (Å²) in [5.74, 6) is 0.396. The van der Waals surface area contributed by atoms with Gasteiger partial charge >= 0.3 is 5.97 Å². The number of nitrogens with zero attached hydrogens (tertiary/aromatic N) is 2. The van der Waals surface area contributed by atoms with Crippen LogP contribution in [-0.4, -0.2) is 68.9 Å². The smallest absolute Gasteiger partial charge is 0.320 e. The summed E-state index contributed by atoms with van der Waals surface area (Å²) in [7, 11) is 5.92. The molecular formula is C9H20N2O2S. The molecule has 0 aromatic heterocycles. The van der Waals surface area contributed by atoms with Crippen LogP contribution < -0.4 is 0 Å². The van der Waals surface area contributed by atoms with Crippen molar-refractivity contribution in [3.8, 4) is 0 Å². The van der Waals surface area contributed by atoms with Gasteiger partial charge in [-0.2, -0.15) is 12.6 Å². The fourth-order valence-electron chi connectivity index (χ4n) is 0.875. The van der Waals surface area contributed by atoms with Crippen LogP contribution in [0, 0.1) is 0 Å². The zero-order valence-electron chi connectivity index (χ0n) is 9.19. The lowest BCUT2D eigenvalue weighted by Crippen LogP contribution is -2.33. The quantitative estimate of drug-likeness (QED) is 0.482. The molecule has 14 heavy (non-hydrogen) atoms. The van der Waals surface area contributed by atoms with Crippen molar-refractivity contribution in [1.82, 2.24) is 9.80 Å². The Kier molecular flexibility index (Phi) is 7.93. The van der Waals surface area contributed by atoms with Gasteiger partial charge < -0.3 is 9.64 Å². The standard InChI is InChI=1S/C9H20N2O2S/c1-10(2)4-5-11(3)8-9(12)13-6-7-14/h14H,4-8H2,1-3H3. The van der Waals surface area contributed by atoms with Crippen LogP contribution in [0.2, 0.25) is 0 Å². The first-order chi connectivity index (χ1) is 6.56. The predicted molar refractivity (Wildman–Crippen MR) is 60.9 cm³/mol. The van der Waals surface area contributed by atoms with Gasteiger partial charge in [-0.3, -0.25) is 9.69 Å². The van der Waals surface area contributed by atoms with E-state index >= 15 is 0 Å². The Morgan fingerprint density at radius 2 is 1.93 bits per heavy atom. The molecule has 0 saturated carbocycles. The van der Waals surface area contributed by atoms with Crippen molar-refractivity contribution >= 4 is 18.6 Å². The molecule has 0 aliphatic rings. The highest BCUT2D eigenvalue weighted by Gasteiger charge is 2.06. The van der Waals surface area contributed by atoms with Crippen molar-refractivity contribution < 1.29 is 9.53 Å². The molecule has 0 rings (SSSR count). The van der Waals surface area contributed by atoms with Crippen LogP contribution in [0.4, 0.5) is 0 Å². The van der Waals surface area contributed by atoms with Gasteiger partial charge in [-0.05, 0) is 21.1 Å². The maximum Gasteiger partial charge on any atom is 0.320 e. The minimum atomic E-state index is -0.180. The Labute approximate surface area is 91.6 Å². The van der Waals surface area contributed by atoms with E-state index in [1.54, 1.807) is 0 Å². The van der Waals surface area contributed by atoms with Gasteiger partial charge in [0.1, 0.15) is 6.61 Å². The van der Waals surface area contributed by atoms with E-state index in [-0.39, 0.29) is 5.97 Å². The zero-order valence-corrected chi connectivity index (χ0v) is 10.1. The Balaban J connectivity index is 3.50. The first-order valence-corrected chi connectivity index (χ1v) is 5.29. The van der Waals surface area contributed by atoms with Crippen molar-refractivity contribution in [1.29, 1.82) is 0 Å². The fourth-order valence-corrected chi connectivity index (χ4v) is 0.967. The van der Waals surface area contributed by atoms with E-state index in [0.717, 1.165) is 13.1 Å². The van der Waals surface area contributed by atoms with E-state index in [9.17, 15) is 4.79 Å². The molecule has 0 aliphatic heterocycles. The largest absolute Gasteiger partial charge is 0.464 e. The maximum absolute atomic E-state index is 11.1. The Bertz CT molecular complexity index is 165. The first-order valence-electron chi connectivity index (χ1n) is 4.66. The number of rotatable bonds is 7. The Morgan fingerprint density at radius 3 is 2.43 bits per heavy atom. The number of hydrogen-bond donors (Lipinski definition) is 1. The molecule has 0 fully saturated rings. The monoisotopic (exact) mass is 220 g/mol. The molecule has 0 aromatic rings. The maximum atomic E-state index is 11.1. The molecule has 0 radical (unpaired) electrons. The number of hydrogen-bond acceptors (Lipinski definition) is 5. The number of thiol groups is 1. The van der Waals surface area contributed by atoms with E-state index in [2.05, 4.69) is 17.5 Å². The van der Waals surface area contributed by atoms with Gasteiger partial charge in [-0.15, -0.1) is 0 Å². The molecule has 0 unspecified atom stereocenters. The lowest BCUT2D eigenvalue weighted by Gasteiger charge is -2.18. The first kappa shape index (κ1) is 13.7. The highest BCUT2D eigenvalue weighted by molar-refractivity contribution is 7.80. The van der Waals surface area contributed by atoms with E-state index in [1.165, 1.54) is 0 Å². The number of esters is 1. The van der Waals surface area contributed by atoms with E-state index in [1.807, 2.05) is 26.0 Å². The van der Waals surface area contributed by atoms with Crippen molar-refractivity contribution in [3.63, 3.8) is 0 Å². The summed E-state index contributed by atoms with van der Waals surface area (Å²) in [5.41, 5.74) is 0. The molecule has 0 aromatic carbocycles. The van der Waals surface area contributed by atoms with Gasteiger partial charge in [0, 0.05) is 18.8 Å². The molecule has 0 saturated heterocycles. The van der Waals surface area contributed by atoms with Crippen LogP contribution >= 0.6 is 12.6 Å². The van der Waals surface area contributed by atoms with E-state index in [0.29, 0.717) is 18.9 Å². The topological polar surface area (TPSA) is 32.8 Å². The summed E-state index contributed by atoms with van der Waals surface area (Å²) < 4.78 is 4.90. The number of likely N-dealkylation sites (N-methyl/N-ethyl adjacent to an activating group) is 2. The predicted octanol–water partition coefficient (Wildman–Crippen LogP) is -0.0472. The molecule has 0 atom stereocenters. The van der Waals surface area contributed by atoms with Crippen LogP contribution in [0.15, 0.2) is 0 Å². The highest BCUT2D eigenvalue weighted by atomic mass is 32.1. The second-order valence-corrected chi connectivity index (χ2v) is 3.93. The van der Waals surface area contributed by atoms with Gasteiger partial charge in [0.15, 0.2) is 0 Å². The van der Waals surface area contributed by atoms with Crippen molar-refractivity contribution in [2.75, 3.05) is 53.1 Å². The van der Waals surface area contributed by atoms with Crippen molar-refractivity contribution in [2.24, 2.45) is 0 Å². The molecule has 5 heteroatoms. The van der Waals surface area contributed by atoms with E-state index < -0.39 is 0 Å². The molecule has 0 bridgehead atoms. The number of ether oxygens (including phenoxy) is 1. The SMILES string of the molecule is CN(C)CCN(C)CC(=O)OCCS. The van der Waals surface area contributed by atoms with Crippen LogP contribution in [0.3, 0.4) is 0 Å². The molecule has 0 heterocycles. The summed E-state index contributed by atoms with van der Waals surface area (Å²) in [4.78, 5) is 15.2. The van der Waals surface area contributed by atoms with Crippen LogP contribution in [0.5, 0.6) is 0 Å². The third-order valence-electron chi connectivity index (χ3n) is 1.68. The summed E-state index contributed by atoms with van der Waals surface area (Å²) in [6.07, 6.45) is 0. The lowest BCUT2D eigenvalue weighted by atomic mass is 10.5. The molecule has 0 spiro atoms. The third-order valence-corrected chi connectivity index (χ3v) is 1.86. The number of carbonyl (C=O) groups is 1. The third kappa shape index (κ3) is 8.34. The molecule has 0 aliphatic carbocycles. The van der Waals surface area contributed by atoms with Gasteiger partial charge in [-0.1, -0.05) is 0 Å². The molecule has 0 amide bonds. The summed E-state index contributed by atoms with van der Waals surface area (Å²) in [5, 5.41) is 0. The molecule has 0 N–H and O–H groups in total. The van der Waals surface area contributed by atoms with Crippen molar-refractivity contribution in [3.05, 3.63) is 0 Å². The Hall–Kier alpha value is -0.260. The molecule has 4 nitrogen and oxygen atoms in total. The van der Waals surface area contributed by atoms with Crippen molar-refractivity contribution in [2.45, 2.75) is 0 Å². The van der Waals surface area contributed by atoms with Gasteiger partial charge in [0.25, 0.3) is 0 Å². The molecule has 84 valence electrons. The number of carbonyl (C=O) groups excluding carboxylic acids is 1. The summed E-state index contributed by atoms with van der Waals surface area (Å²) in [6, 6.07) is 0. The molecular weight excluding hydrogens is 200 g/mol. The summed E-state index contributed by atoms with van der Waals surface area (Å²) in [6.45, 7) is 2.55. The lowest BCUT2D eigenvalue weighted by molar-refractivity contribution is -0.143. The summed E-state index contributed by atoms with van der Waals surface area (Å²) >= 11 is 3.96. The second-order valence-electron chi connectivity index (χ2n) is 3.49. The van der Waals surface area contributed by atoms with Gasteiger partial charge in [-0.25, -0.2) is 0 Å². The van der Waals surface area contributed by atoms with Crippen LogP contribution in [0.25, 0.3) is 0 Å². The zero-order chi connectivity index (χ0) is 11.0.